The Morgan fingerprint density at radius 2 is 1.76 bits per heavy atom. The van der Waals surface area contributed by atoms with E-state index in [0.29, 0.717) is 0 Å². The van der Waals surface area contributed by atoms with E-state index in [1.54, 1.807) is 0 Å². The van der Waals surface area contributed by atoms with Crippen molar-refractivity contribution in [2.45, 2.75) is 18.9 Å². The molecular weight excluding hydrogens is 234 g/mol. The van der Waals surface area contributed by atoms with Crippen molar-refractivity contribution in [3.63, 3.8) is 0 Å². The fraction of sp³-hybridized carbons (Fsp3) is 0.500. The summed E-state index contributed by atoms with van der Waals surface area (Å²) in [5, 5.41) is 21.1. The predicted molar refractivity (Wildman–Crippen MR) is 54.0 cm³/mol. The maximum atomic E-state index is 11.1. The highest BCUT2D eigenvalue weighted by Crippen LogP contribution is 1.92. The van der Waals surface area contributed by atoms with Gasteiger partial charge in [0.25, 0.3) is 0 Å². The minimum atomic E-state index is -1.53. The quantitative estimate of drug-likeness (QED) is 0.353. The minimum absolute atomic E-state index is 0.0550. The van der Waals surface area contributed by atoms with Gasteiger partial charge in [0.15, 0.2) is 0 Å². The molecule has 0 saturated carbocycles. The molecular formula is C8H13N3O6. The number of carbonyl (C=O) groups excluding carboxylic acids is 2. The number of aliphatic carboxylic acids is 2. The van der Waals surface area contributed by atoms with E-state index in [0.717, 1.165) is 0 Å². The fourth-order valence-electron chi connectivity index (χ4n) is 0.883. The number of carboxylic acid groups (broad SMARTS) is 2. The third kappa shape index (κ3) is 7.59. The topological polar surface area (TPSA) is 159 Å². The smallest absolute Gasteiger partial charge is 0.326 e. The fourth-order valence-corrected chi connectivity index (χ4v) is 0.883. The molecule has 0 aliphatic rings. The molecule has 1 unspecified atom stereocenters. The van der Waals surface area contributed by atoms with Gasteiger partial charge in [-0.15, -0.1) is 0 Å². The summed E-state index contributed by atoms with van der Waals surface area (Å²) >= 11 is 0. The van der Waals surface area contributed by atoms with Gasteiger partial charge in [0, 0.05) is 13.0 Å². The molecule has 0 aliphatic heterocycles. The molecule has 0 radical (unpaired) electrons. The summed E-state index contributed by atoms with van der Waals surface area (Å²) in [5.41, 5.74) is 4.81. The molecule has 0 rings (SSSR count). The Kier molecular flexibility index (Phi) is 6.08. The van der Waals surface area contributed by atoms with Crippen molar-refractivity contribution in [3.05, 3.63) is 0 Å². The molecule has 0 heterocycles. The van der Waals surface area contributed by atoms with Gasteiger partial charge in [0.05, 0.1) is 6.42 Å². The summed E-state index contributed by atoms with van der Waals surface area (Å²) in [6, 6.07) is -2.40. The molecule has 0 aromatic heterocycles. The van der Waals surface area contributed by atoms with Gasteiger partial charge in [-0.05, 0) is 0 Å². The molecule has 6 N–H and O–H groups in total. The molecule has 17 heavy (non-hydrogen) atoms. The van der Waals surface area contributed by atoms with Gasteiger partial charge in [-0.25, -0.2) is 9.59 Å². The number of amides is 3. The van der Waals surface area contributed by atoms with Gasteiger partial charge >= 0.3 is 18.0 Å². The highest BCUT2D eigenvalue weighted by molar-refractivity contribution is 5.86. The second-order valence-corrected chi connectivity index (χ2v) is 3.11. The lowest BCUT2D eigenvalue weighted by molar-refractivity contribution is -0.145. The first kappa shape index (κ1) is 14.7. The zero-order valence-electron chi connectivity index (χ0n) is 8.80. The standard InChI is InChI=1S/C8H13N3O6/c9-5(12)1-2-10-8(17)11-4(7(15)16)3-6(13)14/h4H,1-3H2,(H2,9,12)(H,13,14)(H,15,16)(H2,10,11,17). The van der Waals surface area contributed by atoms with E-state index in [1.807, 2.05) is 5.32 Å². The van der Waals surface area contributed by atoms with E-state index in [4.69, 9.17) is 15.9 Å². The molecule has 3 amide bonds. The Balaban J connectivity index is 4.08. The average molecular weight is 247 g/mol. The van der Waals surface area contributed by atoms with Crippen molar-refractivity contribution in [2.75, 3.05) is 6.54 Å². The van der Waals surface area contributed by atoms with Crippen molar-refractivity contribution in [1.82, 2.24) is 10.6 Å². The van der Waals surface area contributed by atoms with Gasteiger partial charge < -0.3 is 26.6 Å². The van der Waals surface area contributed by atoms with Crippen molar-refractivity contribution >= 4 is 23.9 Å². The van der Waals surface area contributed by atoms with Crippen molar-refractivity contribution in [3.8, 4) is 0 Å². The SMILES string of the molecule is NC(=O)CCNC(=O)NC(CC(=O)O)C(=O)O. The Hall–Kier alpha value is -2.32. The number of primary amides is 1. The van der Waals surface area contributed by atoms with Crippen LogP contribution in [0.4, 0.5) is 4.79 Å². The normalized spacial score (nSPS) is 11.3. The van der Waals surface area contributed by atoms with Gasteiger partial charge in [0.1, 0.15) is 6.04 Å². The zero-order chi connectivity index (χ0) is 13.4. The van der Waals surface area contributed by atoms with Crippen LogP contribution < -0.4 is 16.4 Å². The lowest BCUT2D eigenvalue weighted by atomic mass is 10.2. The van der Waals surface area contributed by atoms with E-state index < -0.39 is 36.3 Å². The van der Waals surface area contributed by atoms with Crippen molar-refractivity contribution in [1.29, 1.82) is 0 Å². The third-order valence-electron chi connectivity index (χ3n) is 1.64. The molecule has 1 atom stereocenters. The lowest BCUT2D eigenvalue weighted by Gasteiger charge is -2.12. The van der Waals surface area contributed by atoms with Crippen LogP contribution >= 0.6 is 0 Å². The van der Waals surface area contributed by atoms with Crippen LogP contribution in [0.1, 0.15) is 12.8 Å². The van der Waals surface area contributed by atoms with Crippen LogP contribution in [0.25, 0.3) is 0 Å². The number of rotatable bonds is 7. The van der Waals surface area contributed by atoms with Crippen LogP contribution in [0.3, 0.4) is 0 Å². The maximum absolute atomic E-state index is 11.1. The van der Waals surface area contributed by atoms with Gasteiger partial charge in [-0.1, -0.05) is 0 Å². The van der Waals surface area contributed by atoms with E-state index >= 15 is 0 Å². The van der Waals surface area contributed by atoms with Gasteiger partial charge in [-0.2, -0.15) is 0 Å². The zero-order valence-corrected chi connectivity index (χ0v) is 8.80. The first-order valence-corrected chi connectivity index (χ1v) is 4.60. The number of hydrogen-bond donors (Lipinski definition) is 5. The molecule has 0 aliphatic carbocycles. The Bertz CT molecular complexity index is 329. The molecule has 96 valence electrons. The van der Waals surface area contributed by atoms with E-state index in [1.165, 1.54) is 0 Å². The first-order chi connectivity index (χ1) is 7.82. The number of carboxylic acids is 2. The van der Waals surface area contributed by atoms with Crippen LogP contribution in [0.2, 0.25) is 0 Å². The second-order valence-electron chi connectivity index (χ2n) is 3.11. The summed E-state index contributed by atoms with van der Waals surface area (Å²) in [6.45, 7) is -0.0550. The Morgan fingerprint density at radius 1 is 1.18 bits per heavy atom. The van der Waals surface area contributed by atoms with Crippen LogP contribution in [0, 0.1) is 0 Å². The maximum Gasteiger partial charge on any atom is 0.326 e. The number of urea groups is 1. The highest BCUT2D eigenvalue weighted by atomic mass is 16.4. The van der Waals surface area contributed by atoms with E-state index in [9.17, 15) is 19.2 Å². The van der Waals surface area contributed by atoms with Crippen molar-refractivity contribution in [2.24, 2.45) is 5.73 Å². The molecule has 9 heteroatoms. The number of hydrogen-bond acceptors (Lipinski definition) is 4. The van der Waals surface area contributed by atoms with Gasteiger partial charge in [-0.3, -0.25) is 9.59 Å². The molecule has 9 nitrogen and oxygen atoms in total. The van der Waals surface area contributed by atoms with E-state index in [2.05, 4.69) is 5.32 Å². The highest BCUT2D eigenvalue weighted by Gasteiger charge is 2.22. The molecule has 0 aromatic carbocycles. The predicted octanol–water partition coefficient (Wildman–Crippen LogP) is -1.91. The summed E-state index contributed by atoms with van der Waals surface area (Å²) < 4.78 is 0. The van der Waals surface area contributed by atoms with Crippen molar-refractivity contribution < 1.29 is 29.4 Å². The second kappa shape index (κ2) is 7.04. The summed E-state index contributed by atoms with van der Waals surface area (Å²) in [4.78, 5) is 42.3. The lowest BCUT2D eigenvalue weighted by Crippen LogP contribution is -2.47. The van der Waals surface area contributed by atoms with Crippen LogP contribution in [0.15, 0.2) is 0 Å². The molecule has 0 saturated heterocycles. The summed E-state index contributed by atoms with van der Waals surface area (Å²) in [6.07, 6.45) is -0.831. The molecule has 0 spiro atoms. The van der Waals surface area contributed by atoms with Crippen LogP contribution in [0.5, 0.6) is 0 Å². The molecule has 0 fully saturated rings. The number of nitrogens with two attached hydrogens (primary N) is 1. The minimum Gasteiger partial charge on any atom is -0.481 e. The summed E-state index contributed by atoms with van der Waals surface area (Å²) in [7, 11) is 0. The van der Waals surface area contributed by atoms with Crippen LogP contribution in [-0.4, -0.2) is 46.7 Å². The van der Waals surface area contributed by atoms with Gasteiger partial charge in [0.2, 0.25) is 5.91 Å². The first-order valence-electron chi connectivity index (χ1n) is 4.60. The largest absolute Gasteiger partial charge is 0.481 e. The number of carbonyl (C=O) groups is 4. The monoisotopic (exact) mass is 247 g/mol. The number of nitrogens with one attached hydrogen (secondary N) is 2. The van der Waals surface area contributed by atoms with E-state index in [-0.39, 0.29) is 13.0 Å². The average Bonchev–Trinajstić information content (AvgIpc) is 2.15. The third-order valence-corrected chi connectivity index (χ3v) is 1.64. The Labute approximate surface area is 96.0 Å². The molecule has 0 aromatic rings. The van der Waals surface area contributed by atoms with Crippen LogP contribution in [-0.2, 0) is 14.4 Å². The molecule has 0 bridgehead atoms. The Morgan fingerprint density at radius 3 is 2.18 bits per heavy atom. The summed E-state index contributed by atoms with van der Waals surface area (Å²) in [5.74, 6) is -3.43.